The number of fused-ring (bicyclic) bond motifs is 1. The second-order valence-corrected chi connectivity index (χ2v) is 11.3. The zero-order valence-corrected chi connectivity index (χ0v) is 21.5. The van der Waals surface area contributed by atoms with Crippen LogP contribution in [0, 0.1) is 20.8 Å². The lowest BCUT2D eigenvalue weighted by molar-refractivity contribution is 0.0995. The topological polar surface area (TPSA) is 42.2 Å². The summed E-state index contributed by atoms with van der Waals surface area (Å²) in [7, 11) is 0. The molecule has 0 atom stereocenters. The van der Waals surface area contributed by atoms with E-state index in [1.807, 2.05) is 32.0 Å². The summed E-state index contributed by atoms with van der Waals surface area (Å²) in [5.74, 6) is 0.779. The predicted molar refractivity (Wildman–Crippen MR) is 137 cm³/mol. The molecule has 3 nitrogen and oxygen atoms in total. The van der Waals surface area contributed by atoms with Gasteiger partial charge in [-0.15, -0.1) is 0 Å². The average molecular weight is 464 g/mol. The van der Waals surface area contributed by atoms with Gasteiger partial charge in [0.05, 0.1) is 10.7 Å². The molecule has 1 aromatic heterocycles. The molecule has 4 heteroatoms. The fourth-order valence-electron chi connectivity index (χ4n) is 4.99. The summed E-state index contributed by atoms with van der Waals surface area (Å²) in [5, 5.41) is 3.44. The van der Waals surface area contributed by atoms with Crippen molar-refractivity contribution in [3.63, 3.8) is 0 Å². The zero-order valence-electron chi connectivity index (χ0n) is 20.8. The van der Waals surface area contributed by atoms with Gasteiger partial charge in [0, 0.05) is 6.42 Å². The lowest BCUT2D eigenvalue weighted by Gasteiger charge is -2.42. The van der Waals surface area contributed by atoms with Crippen molar-refractivity contribution < 1.29 is 9.21 Å². The Morgan fingerprint density at radius 3 is 2.21 bits per heavy atom. The summed E-state index contributed by atoms with van der Waals surface area (Å²) < 4.78 is 5.96. The molecule has 1 amide bonds. The molecule has 0 saturated heterocycles. The Labute approximate surface area is 202 Å². The van der Waals surface area contributed by atoms with Gasteiger partial charge in [-0.3, -0.25) is 4.79 Å². The van der Waals surface area contributed by atoms with Gasteiger partial charge in [-0.2, -0.15) is 0 Å². The molecule has 1 aliphatic carbocycles. The van der Waals surface area contributed by atoms with Crippen LogP contribution in [0.5, 0.6) is 0 Å². The molecule has 1 aliphatic rings. The highest BCUT2D eigenvalue weighted by Crippen LogP contribution is 2.46. The molecule has 4 rings (SSSR count). The molecule has 1 heterocycles. The molecule has 0 fully saturated rings. The molecule has 33 heavy (non-hydrogen) atoms. The number of hydrogen-bond donors (Lipinski definition) is 1. The third kappa shape index (κ3) is 4.61. The Kier molecular flexibility index (Phi) is 5.99. The molecule has 0 unspecified atom stereocenters. The lowest BCUT2D eigenvalue weighted by atomic mass is 9.62. The van der Waals surface area contributed by atoms with Crippen LogP contribution in [0.25, 0.3) is 0 Å². The minimum Gasteiger partial charge on any atom is -0.456 e. The van der Waals surface area contributed by atoms with E-state index in [1.54, 1.807) is 6.07 Å². The van der Waals surface area contributed by atoms with Crippen LogP contribution in [0.15, 0.2) is 40.8 Å². The fraction of sp³-hybridized carbons (Fsp3) is 0.414. The summed E-state index contributed by atoms with van der Waals surface area (Å²) in [4.78, 5) is 12.8. The van der Waals surface area contributed by atoms with Crippen LogP contribution in [0.2, 0.25) is 5.02 Å². The Morgan fingerprint density at radius 2 is 1.58 bits per heavy atom. The molecule has 0 radical (unpaired) electrons. The van der Waals surface area contributed by atoms with E-state index in [-0.39, 0.29) is 22.5 Å². The van der Waals surface area contributed by atoms with Gasteiger partial charge in [0.25, 0.3) is 5.91 Å². The normalized spacial score (nSPS) is 16.4. The molecule has 0 spiro atoms. The van der Waals surface area contributed by atoms with Crippen molar-refractivity contribution >= 4 is 23.2 Å². The van der Waals surface area contributed by atoms with Crippen molar-refractivity contribution in [1.29, 1.82) is 0 Å². The number of anilines is 1. The van der Waals surface area contributed by atoms with E-state index >= 15 is 0 Å². The summed E-state index contributed by atoms with van der Waals surface area (Å²) >= 11 is 6.35. The van der Waals surface area contributed by atoms with E-state index in [9.17, 15) is 4.79 Å². The largest absolute Gasteiger partial charge is 0.456 e. The van der Waals surface area contributed by atoms with Crippen molar-refractivity contribution in [2.75, 3.05) is 5.32 Å². The minimum absolute atomic E-state index is 0.159. The standard InChI is InChI=1S/C29H34ClNO2/c1-17-12-19(3)26(24(30)13-17)31-27(32)25-9-8-21(33-25)15-20-16-23-22(14-18(20)2)28(4,5)10-11-29(23,6)7/h8-9,12-14,16H,10-11,15H2,1-7H3,(H,31,32). The molecule has 3 aromatic rings. The molecule has 2 aromatic carbocycles. The van der Waals surface area contributed by atoms with E-state index in [2.05, 4.69) is 52.1 Å². The van der Waals surface area contributed by atoms with E-state index in [4.69, 9.17) is 16.0 Å². The van der Waals surface area contributed by atoms with E-state index in [0.29, 0.717) is 17.1 Å². The van der Waals surface area contributed by atoms with Crippen molar-refractivity contribution in [2.24, 2.45) is 0 Å². The Hall–Kier alpha value is -2.52. The van der Waals surface area contributed by atoms with E-state index in [1.165, 1.54) is 35.1 Å². The molecular weight excluding hydrogens is 430 g/mol. The van der Waals surface area contributed by atoms with Gasteiger partial charge in [0.15, 0.2) is 5.76 Å². The van der Waals surface area contributed by atoms with Crippen LogP contribution in [-0.4, -0.2) is 5.91 Å². The van der Waals surface area contributed by atoms with Gasteiger partial charge in [-0.25, -0.2) is 0 Å². The molecule has 0 aliphatic heterocycles. The third-order valence-electron chi connectivity index (χ3n) is 7.23. The minimum atomic E-state index is -0.292. The summed E-state index contributed by atoms with van der Waals surface area (Å²) in [6, 6.07) is 12.2. The number of aryl methyl sites for hydroxylation is 3. The Morgan fingerprint density at radius 1 is 0.939 bits per heavy atom. The maximum absolute atomic E-state index is 12.8. The van der Waals surface area contributed by atoms with Crippen molar-refractivity contribution in [3.05, 3.63) is 86.3 Å². The Bertz CT molecular complexity index is 1210. The average Bonchev–Trinajstić information content (AvgIpc) is 3.18. The number of carbonyl (C=O) groups is 1. The van der Waals surface area contributed by atoms with Crippen LogP contribution in [-0.2, 0) is 17.3 Å². The zero-order chi connectivity index (χ0) is 24.1. The number of amides is 1. The quantitative estimate of drug-likeness (QED) is 0.425. The maximum atomic E-state index is 12.8. The van der Waals surface area contributed by atoms with E-state index < -0.39 is 0 Å². The molecular formula is C29H34ClNO2. The molecule has 0 bridgehead atoms. The molecule has 174 valence electrons. The highest BCUT2D eigenvalue weighted by Gasteiger charge is 2.37. The van der Waals surface area contributed by atoms with Crippen molar-refractivity contribution in [1.82, 2.24) is 0 Å². The number of carbonyl (C=O) groups excluding carboxylic acids is 1. The van der Waals surface area contributed by atoms with Gasteiger partial charge >= 0.3 is 0 Å². The van der Waals surface area contributed by atoms with Crippen molar-refractivity contribution in [3.8, 4) is 0 Å². The number of hydrogen-bond acceptors (Lipinski definition) is 2. The third-order valence-corrected chi connectivity index (χ3v) is 7.53. The van der Waals surface area contributed by atoms with Crippen molar-refractivity contribution in [2.45, 2.75) is 78.6 Å². The van der Waals surface area contributed by atoms with Gasteiger partial charge in [-0.05, 0) is 96.0 Å². The van der Waals surface area contributed by atoms with Gasteiger partial charge in [0.1, 0.15) is 5.76 Å². The summed E-state index contributed by atoms with van der Waals surface area (Å²) in [6.45, 7) is 15.5. The molecule has 1 N–H and O–H groups in total. The Balaban J connectivity index is 1.58. The number of furan rings is 1. The van der Waals surface area contributed by atoms with Crippen LogP contribution in [0.1, 0.15) is 90.2 Å². The summed E-state index contributed by atoms with van der Waals surface area (Å²) in [5.41, 5.74) is 8.38. The first kappa shape index (κ1) is 23.6. The number of benzene rings is 2. The second-order valence-electron chi connectivity index (χ2n) is 10.9. The van der Waals surface area contributed by atoms with Crippen LogP contribution >= 0.6 is 11.6 Å². The SMILES string of the molecule is Cc1cc(C)c(NC(=O)c2ccc(Cc3cc4c(cc3C)C(C)(C)CCC4(C)C)o2)c(Cl)c1. The smallest absolute Gasteiger partial charge is 0.291 e. The second kappa shape index (κ2) is 8.36. The highest BCUT2D eigenvalue weighted by molar-refractivity contribution is 6.34. The first-order valence-electron chi connectivity index (χ1n) is 11.7. The first-order valence-corrected chi connectivity index (χ1v) is 12.1. The number of halogens is 1. The van der Waals surface area contributed by atoms with Crippen LogP contribution in [0.3, 0.4) is 0 Å². The van der Waals surface area contributed by atoms with E-state index in [0.717, 1.165) is 16.9 Å². The maximum Gasteiger partial charge on any atom is 0.291 e. The first-order chi connectivity index (χ1) is 15.4. The van der Waals surface area contributed by atoms with Gasteiger partial charge in [-0.1, -0.05) is 57.5 Å². The van der Waals surface area contributed by atoms with Gasteiger partial charge < -0.3 is 9.73 Å². The number of rotatable bonds is 4. The summed E-state index contributed by atoms with van der Waals surface area (Å²) in [6.07, 6.45) is 3.04. The fourth-order valence-corrected chi connectivity index (χ4v) is 5.36. The van der Waals surface area contributed by atoms with Crippen LogP contribution in [0.4, 0.5) is 5.69 Å². The monoisotopic (exact) mass is 463 g/mol. The predicted octanol–water partition coefficient (Wildman–Crippen LogP) is 8.05. The molecule has 0 saturated carbocycles. The lowest BCUT2D eigenvalue weighted by Crippen LogP contribution is -2.34. The van der Waals surface area contributed by atoms with Crippen LogP contribution < -0.4 is 5.32 Å². The number of nitrogens with one attached hydrogen (secondary N) is 1. The van der Waals surface area contributed by atoms with Gasteiger partial charge in [0.2, 0.25) is 0 Å². The highest BCUT2D eigenvalue weighted by atomic mass is 35.5.